The SMILES string of the molecule is Cc1ccc(OCCN(C)C(=O)C(C)(C)Br)cc1. The quantitative estimate of drug-likeness (QED) is 0.782. The van der Waals surface area contributed by atoms with Crippen LogP contribution in [0.3, 0.4) is 0 Å². The highest BCUT2D eigenvalue weighted by Crippen LogP contribution is 2.18. The van der Waals surface area contributed by atoms with Gasteiger partial charge in [0.1, 0.15) is 12.4 Å². The Balaban J connectivity index is 2.38. The van der Waals surface area contributed by atoms with Crippen molar-refractivity contribution in [2.45, 2.75) is 25.1 Å². The molecular formula is C14H20BrNO2. The van der Waals surface area contributed by atoms with Gasteiger partial charge in [-0.3, -0.25) is 4.79 Å². The molecule has 1 amide bonds. The Morgan fingerprint density at radius 3 is 2.39 bits per heavy atom. The van der Waals surface area contributed by atoms with Crippen molar-refractivity contribution < 1.29 is 9.53 Å². The van der Waals surface area contributed by atoms with Gasteiger partial charge >= 0.3 is 0 Å². The predicted molar refractivity (Wildman–Crippen MR) is 77.3 cm³/mol. The molecule has 18 heavy (non-hydrogen) atoms. The molecule has 1 rings (SSSR count). The first kappa shape index (κ1) is 15.0. The predicted octanol–water partition coefficient (Wildman–Crippen LogP) is 3.01. The van der Waals surface area contributed by atoms with Crippen molar-refractivity contribution >= 4 is 21.8 Å². The Morgan fingerprint density at radius 2 is 1.89 bits per heavy atom. The van der Waals surface area contributed by atoms with E-state index in [1.165, 1.54) is 5.56 Å². The van der Waals surface area contributed by atoms with Crippen LogP contribution in [-0.2, 0) is 4.79 Å². The lowest BCUT2D eigenvalue weighted by molar-refractivity contribution is -0.131. The number of carbonyl (C=O) groups excluding carboxylic acids is 1. The lowest BCUT2D eigenvalue weighted by Gasteiger charge is -2.24. The zero-order valence-electron chi connectivity index (χ0n) is 11.4. The average Bonchev–Trinajstić information content (AvgIpc) is 2.29. The van der Waals surface area contributed by atoms with Crippen LogP contribution in [0.5, 0.6) is 5.75 Å². The number of halogens is 1. The van der Waals surface area contributed by atoms with Crippen molar-refractivity contribution in [1.82, 2.24) is 4.90 Å². The van der Waals surface area contributed by atoms with Crippen molar-refractivity contribution in [3.8, 4) is 5.75 Å². The fourth-order valence-corrected chi connectivity index (χ4v) is 1.79. The first-order chi connectivity index (χ1) is 8.30. The van der Waals surface area contributed by atoms with Gasteiger partial charge in [0.05, 0.1) is 10.9 Å². The van der Waals surface area contributed by atoms with Crippen molar-refractivity contribution in [3.63, 3.8) is 0 Å². The number of benzene rings is 1. The van der Waals surface area contributed by atoms with Crippen molar-refractivity contribution in [2.24, 2.45) is 0 Å². The molecule has 0 aliphatic heterocycles. The van der Waals surface area contributed by atoms with Gasteiger partial charge < -0.3 is 9.64 Å². The molecule has 0 bridgehead atoms. The highest BCUT2D eigenvalue weighted by Gasteiger charge is 2.26. The lowest BCUT2D eigenvalue weighted by atomic mass is 10.2. The number of aryl methyl sites for hydroxylation is 1. The topological polar surface area (TPSA) is 29.5 Å². The van der Waals surface area contributed by atoms with E-state index in [4.69, 9.17) is 4.74 Å². The zero-order chi connectivity index (χ0) is 13.8. The summed E-state index contributed by atoms with van der Waals surface area (Å²) in [6, 6.07) is 7.88. The van der Waals surface area contributed by atoms with E-state index in [-0.39, 0.29) is 5.91 Å². The molecule has 3 nitrogen and oxygen atoms in total. The van der Waals surface area contributed by atoms with Gasteiger partial charge in [-0.15, -0.1) is 0 Å². The summed E-state index contributed by atoms with van der Waals surface area (Å²) in [4.78, 5) is 13.5. The van der Waals surface area contributed by atoms with Gasteiger partial charge in [0.15, 0.2) is 0 Å². The van der Waals surface area contributed by atoms with Gasteiger partial charge in [0.2, 0.25) is 5.91 Å². The fourth-order valence-electron chi connectivity index (χ4n) is 1.49. The summed E-state index contributed by atoms with van der Waals surface area (Å²) < 4.78 is 5.06. The van der Waals surface area contributed by atoms with Crippen LogP contribution in [0.2, 0.25) is 0 Å². The monoisotopic (exact) mass is 313 g/mol. The molecule has 0 radical (unpaired) electrons. The van der Waals surface area contributed by atoms with E-state index in [1.807, 2.05) is 45.0 Å². The summed E-state index contributed by atoms with van der Waals surface area (Å²) in [7, 11) is 1.78. The number of carbonyl (C=O) groups is 1. The largest absolute Gasteiger partial charge is 0.492 e. The summed E-state index contributed by atoms with van der Waals surface area (Å²) in [6.45, 7) is 6.78. The normalized spacial score (nSPS) is 11.2. The Morgan fingerprint density at radius 1 is 1.33 bits per heavy atom. The number of amides is 1. The van der Waals surface area contributed by atoms with Gasteiger partial charge in [-0.2, -0.15) is 0 Å². The minimum absolute atomic E-state index is 0.0509. The van der Waals surface area contributed by atoms with Gasteiger partial charge in [-0.25, -0.2) is 0 Å². The van der Waals surface area contributed by atoms with E-state index >= 15 is 0 Å². The van der Waals surface area contributed by atoms with Crippen molar-refractivity contribution in [1.29, 1.82) is 0 Å². The highest BCUT2D eigenvalue weighted by molar-refractivity contribution is 9.10. The molecule has 0 aliphatic rings. The van der Waals surface area contributed by atoms with E-state index in [1.54, 1.807) is 11.9 Å². The van der Waals surface area contributed by atoms with Gasteiger partial charge in [0.25, 0.3) is 0 Å². The molecular weight excluding hydrogens is 294 g/mol. The number of ether oxygens (including phenoxy) is 1. The Bertz CT molecular complexity index is 395. The number of rotatable bonds is 5. The van der Waals surface area contributed by atoms with Crippen molar-refractivity contribution in [3.05, 3.63) is 29.8 Å². The molecule has 0 aromatic heterocycles. The number of likely N-dealkylation sites (N-methyl/N-ethyl adjacent to an activating group) is 1. The molecule has 100 valence electrons. The first-order valence-electron chi connectivity index (χ1n) is 5.94. The summed E-state index contributed by atoms with van der Waals surface area (Å²) >= 11 is 3.36. The van der Waals surface area contributed by atoms with E-state index in [2.05, 4.69) is 15.9 Å². The molecule has 0 saturated carbocycles. The summed E-state index contributed by atoms with van der Waals surface area (Å²) in [5.41, 5.74) is 1.20. The van der Waals surface area contributed by atoms with E-state index in [9.17, 15) is 4.79 Å². The highest BCUT2D eigenvalue weighted by atomic mass is 79.9. The molecule has 0 atom stereocenters. The molecule has 0 spiro atoms. The molecule has 1 aromatic rings. The smallest absolute Gasteiger partial charge is 0.238 e. The number of hydrogen-bond acceptors (Lipinski definition) is 2. The number of hydrogen-bond donors (Lipinski definition) is 0. The van der Waals surface area contributed by atoms with Crippen LogP contribution < -0.4 is 4.74 Å². The van der Waals surface area contributed by atoms with Gasteiger partial charge in [-0.05, 0) is 32.9 Å². The average molecular weight is 314 g/mol. The zero-order valence-corrected chi connectivity index (χ0v) is 13.0. The lowest BCUT2D eigenvalue weighted by Crippen LogP contribution is -2.41. The summed E-state index contributed by atoms with van der Waals surface area (Å²) in [5.74, 6) is 0.884. The van der Waals surface area contributed by atoms with Crippen LogP contribution in [0.1, 0.15) is 19.4 Å². The van der Waals surface area contributed by atoms with Crippen LogP contribution in [-0.4, -0.2) is 35.3 Å². The van der Waals surface area contributed by atoms with Crippen molar-refractivity contribution in [2.75, 3.05) is 20.2 Å². The van der Waals surface area contributed by atoms with E-state index in [0.717, 1.165) is 5.75 Å². The second-order valence-electron chi connectivity index (χ2n) is 4.86. The molecule has 0 N–H and O–H groups in total. The van der Waals surface area contributed by atoms with Crippen LogP contribution in [0.15, 0.2) is 24.3 Å². The van der Waals surface area contributed by atoms with Crippen LogP contribution in [0.4, 0.5) is 0 Å². The minimum atomic E-state index is -0.522. The van der Waals surface area contributed by atoms with Gasteiger partial charge in [0, 0.05) is 7.05 Å². The van der Waals surface area contributed by atoms with Crippen LogP contribution >= 0.6 is 15.9 Å². The van der Waals surface area contributed by atoms with Crippen LogP contribution in [0.25, 0.3) is 0 Å². The molecule has 0 unspecified atom stereocenters. The van der Waals surface area contributed by atoms with Gasteiger partial charge in [-0.1, -0.05) is 33.6 Å². The number of nitrogens with zero attached hydrogens (tertiary/aromatic N) is 1. The summed E-state index contributed by atoms with van der Waals surface area (Å²) in [5, 5.41) is 0. The van der Waals surface area contributed by atoms with Crippen LogP contribution in [0, 0.1) is 6.92 Å². The molecule has 0 aliphatic carbocycles. The number of alkyl halides is 1. The minimum Gasteiger partial charge on any atom is -0.492 e. The Kier molecular flexibility index (Phi) is 5.20. The third-order valence-corrected chi connectivity index (χ3v) is 2.91. The molecule has 0 heterocycles. The maximum atomic E-state index is 11.9. The van der Waals surface area contributed by atoms with E-state index < -0.39 is 4.32 Å². The third-order valence-electron chi connectivity index (χ3n) is 2.57. The maximum absolute atomic E-state index is 11.9. The Labute approximate surface area is 117 Å². The van der Waals surface area contributed by atoms with E-state index in [0.29, 0.717) is 13.2 Å². The first-order valence-corrected chi connectivity index (χ1v) is 6.74. The second kappa shape index (κ2) is 6.23. The summed E-state index contributed by atoms with van der Waals surface area (Å²) in [6.07, 6.45) is 0. The molecule has 0 fully saturated rings. The fraction of sp³-hybridized carbons (Fsp3) is 0.500. The molecule has 1 aromatic carbocycles. The molecule has 0 saturated heterocycles. The second-order valence-corrected chi connectivity index (χ2v) is 6.84. The standard InChI is InChI=1S/C14H20BrNO2/c1-11-5-7-12(8-6-11)18-10-9-16(4)13(17)14(2,3)15/h5-8H,9-10H2,1-4H3. The maximum Gasteiger partial charge on any atom is 0.238 e. The molecule has 4 heteroatoms. The Hall–Kier alpha value is -1.03. The third kappa shape index (κ3) is 4.69.